The van der Waals surface area contributed by atoms with Gasteiger partial charge < -0.3 is 25.4 Å². The highest BCUT2D eigenvalue weighted by molar-refractivity contribution is 5.80. The number of hydrogen-bond acceptors (Lipinski definition) is 5. The lowest BCUT2D eigenvalue weighted by atomic mass is 10.1. The standard InChI is InChI=1S/C10H19NO4.C4H6O4/c1-6(2)7(8(12)13)11-9(14)15-10(3,4)5;5-3(6)1-2-4(7)8/h6-7H,1-5H3,(H,11,14)(H,12,13);1-2H2,(H,5,6)(H,7,8)/t7-;/m0./s1. The van der Waals surface area contributed by atoms with Crippen LogP contribution in [0, 0.1) is 5.92 Å². The van der Waals surface area contributed by atoms with E-state index >= 15 is 0 Å². The number of nitrogens with one attached hydrogen (secondary N) is 1. The van der Waals surface area contributed by atoms with E-state index in [1.807, 2.05) is 0 Å². The van der Waals surface area contributed by atoms with Crippen molar-refractivity contribution >= 4 is 24.0 Å². The summed E-state index contributed by atoms with van der Waals surface area (Å²) in [6.07, 6.45) is -1.30. The van der Waals surface area contributed by atoms with Crippen molar-refractivity contribution in [1.29, 1.82) is 0 Å². The lowest BCUT2D eigenvalue weighted by Gasteiger charge is -2.23. The van der Waals surface area contributed by atoms with Crippen molar-refractivity contribution in [3.8, 4) is 0 Å². The molecule has 0 aromatic carbocycles. The fraction of sp³-hybridized carbons (Fsp3) is 0.714. The van der Waals surface area contributed by atoms with Crippen molar-refractivity contribution in [2.45, 2.75) is 59.1 Å². The van der Waals surface area contributed by atoms with Crippen molar-refractivity contribution in [3.63, 3.8) is 0 Å². The maximum absolute atomic E-state index is 11.3. The van der Waals surface area contributed by atoms with Gasteiger partial charge in [0.1, 0.15) is 11.6 Å². The van der Waals surface area contributed by atoms with Crippen LogP contribution < -0.4 is 5.32 Å². The monoisotopic (exact) mass is 335 g/mol. The molecule has 0 spiro atoms. The quantitative estimate of drug-likeness (QED) is 0.571. The molecule has 0 aliphatic rings. The Balaban J connectivity index is 0. The van der Waals surface area contributed by atoms with E-state index in [4.69, 9.17) is 20.1 Å². The maximum atomic E-state index is 11.3. The van der Waals surface area contributed by atoms with Crippen molar-refractivity contribution in [2.75, 3.05) is 0 Å². The second-order valence-electron chi connectivity index (χ2n) is 5.99. The van der Waals surface area contributed by atoms with Gasteiger partial charge in [0, 0.05) is 0 Å². The summed E-state index contributed by atoms with van der Waals surface area (Å²) in [6.45, 7) is 8.60. The number of carbonyl (C=O) groups excluding carboxylic acids is 1. The molecular formula is C14H25NO8. The molecule has 0 aromatic rings. The van der Waals surface area contributed by atoms with Gasteiger partial charge in [0.2, 0.25) is 0 Å². The Kier molecular flexibility index (Phi) is 10.4. The van der Waals surface area contributed by atoms with Crippen LogP contribution in [0.5, 0.6) is 0 Å². The minimum absolute atomic E-state index is 0.185. The first-order valence-electron chi connectivity index (χ1n) is 6.92. The molecule has 9 heteroatoms. The first kappa shape index (κ1) is 23.0. The summed E-state index contributed by atoms with van der Waals surface area (Å²) in [5, 5.41) is 26.9. The number of carbonyl (C=O) groups is 4. The predicted molar refractivity (Wildman–Crippen MR) is 80.1 cm³/mol. The van der Waals surface area contributed by atoms with Crippen LogP contribution in [-0.4, -0.2) is 51.0 Å². The van der Waals surface area contributed by atoms with E-state index in [2.05, 4.69) is 5.32 Å². The first-order chi connectivity index (χ1) is 10.3. The third-order valence-electron chi connectivity index (χ3n) is 2.16. The van der Waals surface area contributed by atoms with E-state index in [0.717, 1.165) is 0 Å². The molecule has 0 radical (unpaired) electrons. The molecule has 0 aliphatic carbocycles. The molecular weight excluding hydrogens is 310 g/mol. The lowest BCUT2D eigenvalue weighted by Crippen LogP contribution is -2.46. The molecule has 0 fully saturated rings. The number of carboxylic acids is 3. The molecule has 0 aromatic heterocycles. The van der Waals surface area contributed by atoms with Gasteiger partial charge in [-0.15, -0.1) is 0 Å². The summed E-state index contributed by atoms with van der Waals surface area (Å²) >= 11 is 0. The van der Waals surface area contributed by atoms with Crippen LogP contribution in [0.1, 0.15) is 47.5 Å². The fourth-order valence-corrected chi connectivity index (χ4v) is 1.16. The van der Waals surface area contributed by atoms with E-state index in [0.29, 0.717) is 0 Å². The van der Waals surface area contributed by atoms with Crippen LogP contribution in [0.15, 0.2) is 0 Å². The molecule has 0 aliphatic heterocycles. The van der Waals surface area contributed by atoms with Gasteiger partial charge in [0.15, 0.2) is 0 Å². The van der Waals surface area contributed by atoms with Crippen LogP contribution in [0.3, 0.4) is 0 Å². The maximum Gasteiger partial charge on any atom is 0.408 e. The average molecular weight is 335 g/mol. The largest absolute Gasteiger partial charge is 0.481 e. The molecule has 0 rings (SSSR count). The highest BCUT2D eigenvalue weighted by Gasteiger charge is 2.26. The van der Waals surface area contributed by atoms with Crippen molar-refractivity contribution < 1.29 is 39.2 Å². The zero-order chi connectivity index (χ0) is 18.8. The molecule has 9 nitrogen and oxygen atoms in total. The van der Waals surface area contributed by atoms with Crippen molar-refractivity contribution in [1.82, 2.24) is 5.32 Å². The summed E-state index contributed by atoms with van der Waals surface area (Å²) in [6, 6.07) is -0.917. The van der Waals surface area contributed by atoms with Crippen LogP contribution in [0.25, 0.3) is 0 Å². The van der Waals surface area contributed by atoms with Crippen LogP contribution in [-0.2, 0) is 19.1 Å². The Labute approximate surface area is 134 Å². The zero-order valence-corrected chi connectivity index (χ0v) is 14.0. The number of carboxylic acid groups (broad SMARTS) is 3. The van der Waals surface area contributed by atoms with E-state index in [9.17, 15) is 19.2 Å². The summed E-state index contributed by atoms with van der Waals surface area (Å²) in [5.41, 5.74) is -0.621. The molecule has 1 amide bonds. The Hall–Kier alpha value is -2.32. The molecule has 134 valence electrons. The van der Waals surface area contributed by atoms with Gasteiger partial charge in [-0.2, -0.15) is 0 Å². The van der Waals surface area contributed by atoms with Crippen LogP contribution in [0.2, 0.25) is 0 Å². The van der Waals surface area contributed by atoms with Gasteiger partial charge in [0.05, 0.1) is 12.8 Å². The SMILES string of the molecule is CC(C)[C@H](NC(=O)OC(C)(C)C)C(=O)O.O=C(O)CCC(=O)O. The summed E-state index contributed by atoms with van der Waals surface area (Å²) < 4.78 is 4.96. The first-order valence-corrected chi connectivity index (χ1v) is 6.92. The molecule has 0 bridgehead atoms. The number of rotatable bonds is 6. The number of ether oxygens (including phenoxy) is 1. The average Bonchev–Trinajstić information content (AvgIpc) is 2.31. The fourth-order valence-electron chi connectivity index (χ4n) is 1.16. The number of aliphatic carboxylic acids is 3. The highest BCUT2D eigenvalue weighted by atomic mass is 16.6. The molecule has 1 atom stereocenters. The molecule has 4 N–H and O–H groups in total. The Bertz CT molecular complexity index is 411. The van der Waals surface area contributed by atoms with Gasteiger partial charge in [-0.25, -0.2) is 9.59 Å². The normalized spacial score (nSPS) is 11.7. The van der Waals surface area contributed by atoms with E-state index in [1.165, 1.54) is 0 Å². The highest BCUT2D eigenvalue weighted by Crippen LogP contribution is 2.08. The van der Waals surface area contributed by atoms with Crippen molar-refractivity contribution in [3.05, 3.63) is 0 Å². The second kappa shape index (κ2) is 10.4. The van der Waals surface area contributed by atoms with Gasteiger partial charge in [-0.05, 0) is 26.7 Å². The molecule has 23 heavy (non-hydrogen) atoms. The van der Waals surface area contributed by atoms with E-state index in [-0.39, 0.29) is 18.8 Å². The summed E-state index contributed by atoms with van der Waals surface area (Å²) in [5.74, 6) is -3.40. The Morgan fingerprint density at radius 3 is 1.57 bits per heavy atom. The molecule has 0 saturated heterocycles. The number of hydrogen-bond donors (Lipinski definition) is 4. The van der Waals surface area contributed by atoms with Gasteiger partial charge in [-0.3, -0.25) is 9.59 Å². The Morgan fingerprint density at radius 1 is 0.957 bits per heavy atom. The van der Waals surface area contributed by atoms with Gasteiger partial charge in [-0.1, -0.05) is 13.8 Å². The zero-order valence-electron chi connectivity index (χ0n) is 14.0. The topological polar surface area (TPSA) is 150 Å². The lowest BCUT2D eigenvalue weighted by molar-refractivity contribution is -0.143. The molecule has 0 saturated carbocycles. The van der Waals surface area contributed by atoms with Gasteiger partial charge in [0.25, 0.3) is 0 Å². The minimum atomic E-state index is -1.08. The third kappa shape index (κ3) is 15.9. The van der Waals surface area contributed by atoms with Gasteiger partial charge >= 0.3 is 24.0 Å². The van der Waals surface area contributed by atoms with E-state index in [1.54, 1.807) is 34.6 Å². The van der Waals surface area contributed by atoms with Crippen LogP contribution >= 0.6 is 0 Å². The smallest absolute Gasteiger partial charge is 0.408 e. The van der Waals surface area contributed by atoms with E-state index < -0.39 is 35.6 Å². The molecule has 0 unspecified atom stereocenters. The summed E-state index contributed by atoms with van der Waals surface area (Å²) in [4.78, 5) is 41.3. The molecule has 0 heterocycles. The minimum Gasteiger partial charge on any atom is -0.481 e. The third-order valence-corrected chi connectivity index (χ3v) is 2.16. The second-order valence-corrected chi connectivity index (χ2v) is 5.99. The number of amides is 1. The van der Waals surface area contributed by atoms with Crippen molar-refractivity contribution in [2.24, 2.45) is 5.92 Å². The summed E-state index contributed by atoms with van der Waals surface area (Å²) in [7, 11) is 0. The number of alkyl carbamates (subject to hydrolysis) is 1. The Morgan fingerprint density at radius 2 is 1.35 bits per heavy atom. The van der Waals surface area contributed by atoms with Crippen LogP contribution in [0.4, 0.5) is 4.79 Å². The predicted octanol–water partition coefficient (Wildman–Crippen LogP) is 1.56.